The van der Waals surface area contributed by atoms with Crippen LogP contribution in [0.3, 0.4) is 0 Å². The Morgan fingerprint density at radius 1 is 1.44 bits per heavy atom. The molecule has 4 nitrogen and oxygen atoms in total. The second kappa shape index (κ2) is 7.59. The van der Waals surface area contributed by atoms with E-state index in [4.69, 9.17) is 27.9 Å². The minimum atomic E-state index is -0.933. The van der Waals surface area contributed by atoms with Crippen molar-refractivity contribution in [3.8, 4) is 0 Å². The molecular formula is C12H15Cl2NO3. The number of nitrogens with one attached hydrogen (secondary N) is 1. The van der Waals surface area contributed by atoms with E-state index < -0.39 is 6.10 Å². The third kappa shape index (κ3) is 4.46. The first kappa shape index (κ1) is 15.2. The predicted octanol–water partition coefficient (Wildman–Crippen LogP) is 2.18. The number of rotatable bonds is 6. The van der Waals surface area contributed by atoms with Gasteiger partial charge in [0, 0.05) is 35.7 Å². The normalized spacial score (nSPS) is 12.2. The highest BCUT2D eigenvalue weighted by molar-refractivity contribution is 6.36. The average Bonchev–Trinajstić information content (AvgIpc) is 2.33. The van der Waals surface area contributed by atoms with E-state index in [2.05, 4.69) is 5.32 Å². The first-order valence-corrected chi connectivity index (χ1v) is 6.19. The number of benzene rings is 1. The Kier molecular flexibility index (Phi) is 6.43. The number of amides is 1. The first-order chi connectivity index (χ1) is 8.56. The van der Waals surface area contributed by atoms with Crippen LogP contribution in [0.25, 0.3) is 0 Å². The van der Waals surface area contributed by atoms with Crippen molar-refractivity contribution in [2.75, 3.05) is 20.3 Å². The Hall–Kier alpha value is -0.810. The van der Waals surface area contributed by atoms with Crippen LogP contribution in [0.2, 0.25) is 10.0 Å². The predicted molar refractivity (Wildman–Crippen MR) is 70.9 cm³/mol. The van der Waals surface area contributed by atoms with Crippen molar-refractivity contribution in [2.24, 2.45) is 0 Å². The molecule has 1 atom stereocenters. The van der Waals surface area contributed by atoms with Gasteiger partial charge in [-0.3, -0.25) is 4.79 Å². The zero-order chi connectivity index (χ0) is 13.5. The van der Waals surface area contributed by atoms with Gasteiger partial charge in [0.15, 0.2) is 0 Å². The number of carbonyl (C=O) groups excluding carboxylic acids is 1. The Balaban J connectivity index is 2.55. The van der Waals surface area contributed by atoms with Crippen LogP contribution in [-0.4, -0.2) is 31.3 Å². The van der Waals surface area contributed by atoms with Gasteiger partial charge in [-0.25, -0.2) is 0 Å². The second-order valence-corrected chi connectivity index (χ2v) is 4.51. The molecule has 0 saturated carbocycles. The molecule has 1 aromatic rings. The van der Waals surface area contributed by atoms with Gasteiger partial charge < -0.3 is 15.2 Å². The van der Waals surface area contributed by atoms with Crippen LogP contribution in [0.5, 0.6) is 0 Å². The fourth-order valence-corrected chi connectivity index (χ4v) is 2.07. The minimum absolute atomic E-state index is 0.0615. The van der Waals surface area contributed by atoms with E-state index in [9.17, 15) is 9.90 Å². The van der Waals surface area contributed by atoms with Crippen LogP contribution >= 0.6 is 23.2 Å². The van der Waals surface area contributed by atoms with Crippen LogP contribution in [0.15, 0.2) is 18.2 Å². The molecule has 0 heterocycles. The van der Waals surface area contributed by atoms with Crippen LogP contribution < -0.4 is 5.32 Å². The van der Waals surface area contributed by atoms with Gasteiger partial charge >= 0.3 is 0 Å². The summed E-state index contributed by atoms with van der Waals surface area (Å²) in [5.41, 5.74) is 0.424. The fourth-order valence-electron chi connectivity index (χ4n) is 1.42. The van der Waals surface area contributed by atoms with Crippen LogP contribution in [0.1, 0.15) is 18.1 Å². The summed E-state index contributed by atoms with van der Waals surface area (Å²) in [6.07, 6.45) is -0.683. The SMILES string of the molecule is COCCC(=O)NC[C@H](O)c1c(Cl)cccc1Cl. The first-order valence-electron chi connectivity index (χ1n) is 5.44. The molecule has 1 amide bonds. The largest absolute Gasteiger partial charge is 0.386 e. The van der Waals surface area contributed by atoms with Crippen molar-refractivity contribution in [1.29, 1.82) is 0 Å². The lowest BCUT2D eigenvalue weighted by molar-refractivity contribution is -0.122. The molecule has 0 saturated heterocycles. The van der Waals surface area contributed by atoms with E-state index in [0.717, 1.165) is 0 Å². The van der Waals surface area contributed by atoms with Gasteiger partial charge in [-0.2, -0.15) is 0 Å². The van der Waals surface area contributed by atoms with Crippen molar-refractivity contribution in [3.05, 3.63) is 33.8 Å². The Morgan fingerprint density at radius 3 is 2.61 bits per heavy atom. The summed E-state index contributed by atoms with van der Waals surface area (Å²) in [4.78, 5) is 11.3. The molecule has 1 rings (SSSR count). The molecule has 0 aliphatic heterocycles. The average molecular weight is 292 g/mol. The second-order valence-electron chi connectivity index (χ2n) is 3.70. The Labute approximate surface area is 116 Å². The lowest BCUT2D eigenvalue weighted by Crippen LogP contribution is -2.29. The van der Waals surface area contributed by atoms with E-state index in [0.29, 0.717) is 22.2 Å². The quantitative estimate of drug-likeness (QED) is 0.845. The van der Waals surface area contributed by atoms with Crippen molar-refractivity contribution in [2.45, 2.75) is 12.5 Å². The zero-order valence-corrected chi connectivity index (χ0v) is 11.5. The molecule has 0 spiro atoms. The molecule has 100 valence electrons. The van der Waals surface area contributed by atoms with Gasteiger partial charge in [-0.1, -0.05) is 29.3 Å². The number of ether oxygens (including phenoxy) is 1. The molecule has 0 aliphatic rings. The molecule has 18 heavy (non-hydrogen) atoms. The van der Waals surface area contributed by atoms with Crippen molar-refractivity contribution < 1.29 is 14.6 Å². The fraction of sp³-hybridized carbons (Fsp3) is 0.417. The number of aliphatic hydroxyl groups is 1. The zero-order valence-electron chi connectivity index (χ0n) is 9.95. The van der Waals surface area contributed by atoms with Gasteiger partial charge in [0.2, 0.25) is 5.91 Å². The summed E-state index contributed by atoms with van der Waals surface area (Å²) in [5, 5.41) is 13.3. The molecule has 0 unspecified atom stereocenters. The molecule has 0 aromatic heterocycles. The number of halogens is 2. The van der Waals surface area contributed by atoms with Crippen LogP contribution in [0, 0.1) is 0 Å². The van der Waals surface area contributed by atoms with Gasteiger partial charge in [-0.15, -0.1) is 0 Å². The number of hydrogen-bond donors (Lipinski definition) is 2. The van der Waals surface area contributed by atoms with Gasteiger partial charge in [0.1, 0.15) is 0 Å². The molecule has 0 radical (unpaired) electrons. The third-order valence-corrected chi connectivity index (χ3v) is 3.02. The summed E-state index contributed by atoms with van der Waals surface area (Å²) in [7, 11) is 1.52. The van der Waals surface area contributed by atoms with Crippen LogP contribution in [-0.2, 0) is 9.53 Å². The summed E-state index contributed by atoms with van der Waals surface area (Å²) < 4.78 is 4.78. The standard InChI is InChI=1S/C12H15Cl2NO3/c1-18-6-5-11(17)15-7-10(16)12-8(13)3-2-4-9(12)14/h2-4,10,16H,5-7H2,1H3,(H,15,17)/t10-/m0/s1. The Bertz CT molecular complexity index is 392. The van der Waals surface area contributed by atoms with Gasteiger partial charge in [0.05, 0.1) is 12.7 Å². The lowest BCUT2D eigenvalue weighted by atomic mass is 10.1. The number of carbonyl (C=O) groups is 1. The maximum atomic E-state index is 11.3. The highest BCUT2D eigenvalue weighted by Gasteiger charge is 2.16. The highest BCUT2D eigenvalue weighted by Crippen LogP contribution is 2.29. The molecular weight excluding hydrogens is 277 g/mol. The van der Waals surface area contributed by atoms with Gasteiger partial charge in [0.25, 0.3) is 0 Å². The maximum absolute atomic E-state index is 11.3. The highest BCUT2D eigenvalue weighted by atomic mass is 35.5. The summed E-state index contributed by atoms with van der Waals surface area (Å²) >= 11 is 11.9. The van der Waals surface area contributed by atoms with Gasteiger partial charge in [-0.05, 0) is 12.1 Å². The maximum Gasteiger partial charge on any atom is 0.222 e. The summed E-state index contributed by atoms with van der Waals surface area (Å²) in [6, 6.07) is 4.97. The van der Waals surface area contributed by atoms with E-state index in [1.165, 1.54) is 7.11 Å². The van der Waals surface area contributed by atoms with E-state index in [1.54, 1.807) is 18.2 Å². The summed E-state index contributed by atoms with van der Waals surface area (Å²) in [5.74, 6) is -0.195. The number of aliphatic hydroxyl groups excluding tert-OH is 1. The van der Waals surface area contributed by atoms with E-state index >= 15 is 0 Å². The minimum Gasteiger partial charge on any atom is -0.386 e. The van der Waals surface area contributed by atoms with Crippen molar-refractivity contribution in [1.82, 2.24) is 5.32 Å². The smallest absolute Gasteiger partial charge is 0.222 e. The molecule has 0 bridgehead atoms. The molecule has 6 heteroatoms. The Morgan fingerprint density at radius 2 is 2.06 bits per heavy atom. The molecule has 0 fully saturated rings. The number of hydrogen-bond acceptors (Lipinski definition) is 3. The van der Waals surface area contributed by atoms with E-state index in [-0.39, 0.29) is 18.9 Å². The monoisotopic (exact) mass is 291 g/mol. The topological polar surface area (TPSA) is 58.6 Å². The van der Waals surface area contributed by atoms with Crippen molar-refractivity contribution >= 4 is 29.1 Å². The third-order valence-electron chi connectivity index (χ3n) is 2.36. The van der Waals surface area contributed by atoms with Crippen LogP contribution in [0.4, 0.5) is 0 Å². The molecule has 0 aliphatic carbocycles. The molecule has 1 aromatic carbocycles. The number of methoxy groups -OCH3 is 1. The van der Waals surface area contributed by atoms with Crippen molar-refractivity contribution in [3.63, 3.8) is 0 Å². The lowest BCUT2D eigenvalue weighted by Gasteiger charge is -2.15. The summed E-state index contributed by atoms with van der Waals surface area (Å²) in [6.45, 7) is 0.404. The molecule has 2 N–H and O–H groups in total. The van der Waals surface area contributed by atoms with E-state index in [1.807, 2.05) is 0 Å².